The van der Waals surface area contributed by atoms with Crippen LogP contribution in [0.2, 0.25) is 0 Å². The molecular weight excluding hydrogens is 312 g/mol. The maximum absolute atomic E-state index is 12.0. The number of amides is 2. The van der Waals surface area contributed by atoms with Crippen LogP contribution in [0.1, 0.15) is 39.0 Å². The quantitative estimate of drug-likeness (QED) is 0.772. The molecule has 2 rings (SSSR count). The summed E-state index contributed by atoms with van der Waals surface area (Å²) in [5.41, 5.74) is -0.974. The van der Waals surface area contributed by atoms with Gasteiger partial charge >= 0.3 is 6.03 Å². The molecule has 1 aromatic rings. The van der Waals surface area contributed by atoms with Gasteiger partial charge in [0.1, 0.15) is 5.60 Å². The molecule has 23 heavy (non-hydrogen) atoms. The molecule has 6 heteroatoms. The molecule has 2 heterocycles. The monoisotopic (exact) mass is 340 g/mol. The van der Waals surface area contributed by atoms with Gasteiger partial charge in [0.2, 0.25) is 0 Å². The third kappa shape index (κ3) is 4.93. The molecule has 1 fully saturated rings. The smallest absolute Gasteiger partial charge is 0.314 e. The number of rotatable bonds is 5. The van der Waals surface area contributed by atoms with Crippen LogP contribution < -0.4 is 10.6 Å². The molecule has 5 nitrogen and oxygen atoms in total. The number of carbonyl (C=O) groups excluding carboxylic acids is 1. The zero-order chi connectivity index (χ0) is 17.1. The average Bonchev–Trinajstić information content (AvgIpc) is 3.12. The van der Waals surface area contributed by atoms with Gasteiger partial charge in [-0.3, -0.25) is 0 Å². The van der Waals surface area contributed by atoms with Crippen molar-refractivity contribution >= 4 is 17.4 Å². The summed E-state index contributed by atoms with van der Waals surface area (Å²) in [5.74, 6) is 0.332. The summed E-state index contributed by atoms with van der Waals surface area (Å²) >= 11 is 1.48. The lowest BCUT2D eigenvalue weighted by Crippen LogP contribution is -2.46. The van der Waals surface area contributed by atoms with Crippen molar-refractivity contribution in [2.45, 2.75) is 45.8 Å². The Labute approximate surface area is 142 Å². The summed E-state index contributed by atoms with van der Waals surface area (Å²) in [7, 11) is 0. The molecule has 0 aliphatic carbocycles. The molecule has 0 aromatic carbocycles. The number of thiophene rings is 1. The van der Waals surface area contributed by atoms with E-state index >= 15 is 0 Å². The minimum Gasteiger partial charge on any atom is -0.383 e. The molecule has 0 saturated carbocycles. The van der Waals surface area contributed by atoms with Crippen LogP contribution in [0.3, 0.4) is 0 Å². The van der Waals surface area contributed by atoms with E-state index in [0.29, 0.717) is 12.5 Å². The van der Waals surface area contributed by atoms with Crippen LogP contribution in [0, 0.1) is 11.3 Å². The van der Waals surface area contributed by atoms with E-state index in [1.807, 2.05) is 17.5 Å². The van der Waals surface area contributed by atoms with Crippen LogP contribution in [0.4, 0.5) is 4.79 Å². The second-order valence-electron chi connectivity index (χ2n) is 7.52. The predicted octanol–water partition coefficient (Wildman–Crippen LogP) is 2.71. The van der Waals surface area contributed by atoms with Gasteiger partial charge in [0.15, 0.2) is 0 Å². The van der Waals surface area contributed by atoms with Gasteiger partial charge in [0.25, 0.3) is 0 Å². The van der Waals surface area contributed by atoms with Crippen LogP contribution in [0.5, 0.6) is 0 Å². The van der Waals surface area contributed by atoms with E-state index in [1.165, 1.54) is 11.3 Å². The molecule has 3 atom stereocenters. The lowest BCUT2D eigenvalue weighted by atomic mass is 9.81. The van der Waals surface area contributed by atoms with Gasteiger partial charge in [0.05, 0.1) is 12.6 Å². The minimum atomic E-state index is -1.05. The van der Waals surface area contributed by atoms with Crippen LogP contribution in [0.15, 0.2) is 17.5 Å². The summed E-state index contributed by atoms with van der Waals surface area (Å²) in [6.07, 6.45) is 1.13. The van der Waals surface area contributed by atoms with Crippen LogP contribution in [-0.2, 0) is 10.3 Å². The van der Waals surface area contributed by atoms with Crippen molar-refractivity contribution in [2.24, 2.45) is 11.3 Å². The maximum Gasteiger partial charge on any atom is 0.314 e. The highest BCUT2D eigenvalue weighted by Crippen LogP contribution is 2.34. The molecule has 0 radical (unpaired) electrons. The Morgan fingerprint density at radius 2 is 2.13 bits per heavy atom. The van der Waals surface area contributed by atoms with Gasteiger partial charge in [-0.15, -0.1) is 11.3 Å². The SMILES string of the molecule is CC(C)(C)[C@@H]1OCC[C@@H]1CNC(=O)NC[C@](C)(O)c1cccs1. The van der Waals surface area contributed by atoms with Crippen LogP contribution in [0.25, 0.3) is 0 Å². The molecular formula is C17H28N2O3S. The molecule has 1 aliphatic heterocycles. The minimum absolute atomic E-state index is 0.0716. The molecule has 130 valence electrons. The normalized spacial score (nSPS) is 24.2. The summed E-state index contributed by atoms with van der Waals surface area (Å²) in [6, 6.07) is 3.51. The lowest BCUT2D eigenvalue weighted by Gasteiger charge is -2.31. The Morgan fingerprint density at radius 1 is 1.39 bits per heavy atom. The lowest BCUT2D eigenvalue weighted by molar-refractivity contribution is 0.00768. The first-order valence-corrected chi connectivity index (χ1v) is 8.98. The van der Waals surface area contributed by atoms with Crippen LogP contribution in [-0.4, -0.2) is 36.9 Å². The zero-order valence-electron chi connectivity index (χ0n) is 14.4. The topological polar surface area (TPSA) is 70.6 Å². The Balaban J connectivity index is 1.77. The third-order valence-electron chi connectivity index (χ3n) is 4.24. The highest BCUT2D eigenvalue weighted by molar-refractivity contribution is 7.10. The maximum atomic E-state index is 12.0. The second-order valence-corrected chi connectivity index (χ2v) is 8.47. The molecule has 0 unspecified atom stereocenters. The molecule has 2 amide bonds. The van der Waals surface area contributed by atoms with E-state index in [-0.39, 0.29) is 24.1 Å². The highest BCUT2D eigenvalue weighted by Gasteiger charge is 2.37. The van der Waals surface area contributed by atoms with E-state index in [1.54, 1.807) is 6.92 Å². The fraction of sp³-hybridized carbons (Fsp3) is 0.706. The van der Waals surface area contributed by atoms with Crippen LogP contribution >= 0.6 is 11.3 Å². The Morgan fingerprint density at radius 3 is 2.74 bits per heavy atom. The first-order chi connectivity index (χ1) is 10.7. The number of aliphatic hydroxyl groups is 1. The Kier molecular flexibility index (Phi) is 5.70. The van der Waals surface area contributed by atoms with Crippen molar-refractivity contribution in [2.75, 3.05) is 19.7 Å². The number of hydrogen-bond donors (Lipinski definition) is 3. The van der Waals surface area contributed by atoms with E-state index in [4.69, 9.17) is 4.74 Å². The number of nitrogens with one attached hydrogen (secondary N) is 2. The van der Waals surface area contributed by atoms with Crippen molar-refractivity contribution < 1.29 is 14.6 Å². The van der Waals surface area contributed by atoms with Gasteiger partial charge in [-0.2, -0.15) is 0 Å². The van der Waals surface area contributed by atoms with E-state index in [2.05, 4.69) is 31.4 Å². The van der Waals surface area contributed by atoms with Gasteiger partial charge in [-0.1, -0.05) is 26.8 Å². The molecule has 1 aliphatic rings. The Bertz CT molecular complexity index is 508. The fourth-order valence-electron chi connectivity index (χ4n) is 3.01. The first kappa shape index (κ1) is 18.2. The number of ether oxygens (including phenoxy) is 1. The van der Waals surface area contributed by atoms with E-state index in [0.717, 1.165) is 17.9 Å². The first-order valence-electron chi connectivity index (χ1n) is 8.10. The largest absolute Gasteiger partial charge is 0.383 e. The summed E-state index contributed by atoms with van der Waals surface area (Å²) in [5, 5.41) is 18.0. The summed E-state index contributed by atoms with van der Waals surface area (Å²) in [4.78, 5) is 12.8. The summed E-state index contributed by atoms with van der Waals surface area (Å²) in [6.45, 7) is 9.72. The van der Waals surface area contributed by atoms with E-state index in [9.17, 15) is 9.90 Å². The van der Waals surface area contributed by atoms with Gasteiger partial charge in [-0.25, -0.2) is 4.79 Å². The fourth-order valence-corrected chi connectivity index (χ4v) is 3.80. The third-order valence-corrected chi connectivity index (χ3v) is 5.36. The Hall–Kier alpha value is -1.11. The molecule has 1 aromatic heterocycles. The van der Waals surface area contributed by atoms with Crippen molar-refractivity contribution in [3.8, 4) is 0 Å². The van der Waals surface area contributed by atoms with Crippen molar-refractivity contribution in [3.63, 3.8) is 0 Å². The second kappa shape index (κ2) is 7.20. The number of urea groups is 1. The molecule has 0 bridgehead atoms. The van der Waals surface area contributed by atoms with Crippen molar-refractivity contribution in [1.29, 1.82) is 0 Å². The summed E-state index contributed by atoms with van der Waals surface area (Å²) < 4.78 is 5.82. The number of carbonyl (C=O) groups is 1. The molecule has 3 N–H and O–H groups in total. The molecule has 1 saturated heterocycles. The standard InChI is InChI=1S/C17H28N2O3S/c1-16(2,3)14-12(7-8-22-14)10-18-15(20)19-11-17(4,21)13-6-5-9-23-13/h5-6,9,12,14,21H,7-8,10-11H2,1-4H3,(H2,18,19,20)/t12-,14-,17+/m1/s1. The van der Waals surface area contributed by atoms with Crippen molar-refractivity contribution in [1.82, 2.24) is 10.6 Å². The highest BCUT2D eigenvalue weighted by atomic mass is 32.1. The van der Waals surface area contributed by atoms with E-state index < -0.39 is 5.60 Å². The van der Waals surface area contributed by atoms with Gasteiger partial charge < -0.3 is 20.5 Å². The average molecular weight is 340 g/mol. The number of hydrogen-bond acceptors (Lipinski definition) is 4. The zero-order valence-corrected chi connectivity index (χ0v) is 15.2. The molecule has 0 spiro atoms. The van der Waals surface area contributed by atoms with Crippen molar-refractivity contribution in [3.05, 3.63) is 22.4 Å². The van der Waals surface area contributed by atoms with Gasteiger partial charge in [-0.05, 0) is 30.2 Å². The predicted molar refractivity (Wildman–Crippen MR) is 92.6 cm³/mol. The van der Waals surface area contributed by atoms with Gasteiger partial charge in [0, 0.05) is 23.9 Å².